The molecule has 0 amide bonds. The van der Waals surface area contributed by atoms with E-state index < -0.39 is 0 Å². The zero-order chi connectivity index (χ0) is 15.5. The van der Waals surface area contributed by atoms with Crippen LogP contribution in [0, 0.1) is 13.8 Å². The van der Waals surface area contributed by atoms with Crippen molar-refractivity contribution in [3.8, 4) is 0 Å². The number of hydrogen-bond donors (Lipinski definition) is 1. The molecule has 3 nitrogen and oxygen atoms in total. The van der Waals surface area contributed by atoms with Gasteiger partial charge in [0.05, 0.1) is 6.54 Å². The summed E-state index contributed by atoms with van der Waals surface area (Å²) < 4.78 is 2.42. The number of aryl methyl sites for hydroxylation is 1. The third-order valence-electron chi connectivity index (χ3n) is 5.63. The predicted octanol–water partition coefficient (Wildman–Crippen LogP) is 4.33. The molecule has 1 heterocycles. The first-order valence-electron chi connectivity index (χ1n) is 9.12. The normalized spacial score (nSPS) is 20.6. The Hall–Kier alpha value is -1.09. The fraction of sp³-hybridized carbons (Fsp3) is 0.737. The Morgan fingerprint density at radius 3 is 2.41 bits per heavy atom. The van der Waals surface area contributed by atoms with Crippen LogP contribution in [-0.4, -0.2) is 22.9 Å². The van der Waals surface area contributed by atoms with Crippen molar-refractivity contribution in [3.05, 3.63) is 23.0 Å². The highest BCUT2D eigenvalue weighted by molar-refractivity contribution is 5.99. The average molecular weight is 302 g/mol. The highest BCUT2D eigenvalue weighted by atomic mass is 16.1. The molecule has 0 aromatic carbocycles. The summed E-state index contributed by atoms with van der Waals surface area (Å²) in [6.45, 7) is 4.77. The van der Waals surface area contributed by atoms with Crippen LogP contribution >= 0.6 is 0 Å². The van der Waals surface area contributed by atoms with Crippen molar-refractivity contribution < 1.29 is 4.79 Å². The molecule has 0 radical (unpaired) electrons. The van der Waals surface area contributed by atoms with Gasteiger partial charge in [0.25, 0.3) is 0 Å². The van der Waals surface area contributed by atoms with Gasteiger partial charge in [0.1, 0.15) is 0 Å². The van der Waals surface area contributed by atoms with E-state index in [9.17, 15) is 4.79 Å². The van der Waals surface area contributed by atoms with Crippen LogP contribution in [-0.2, 0) is 0 Å². The second-order valence-corrected chi connectivity index (χ2v) is 7.23. The number of nitrogens with one attached hydrogen (secondary N) is 1. The zero-order valence-corrected chi connectivity index (χ0v) is 14.2. The second kappa shape index (κ2) is 6.99. The third kappa shape index (κ3) is 3.29. The van der Waals surface area contributed by atoms with E-state index in [4.69, 9.17) is 0 Å². The summed E-state index contributed by atoms with van der Waals surface area (Å²) in [5.74, 6) is 0.267. The van der Waals surface area contributed by atoms with Gasteiger partial charge in [-0.1, -0.05) is 32.1 Å². The molecule has 0 saturated heterocycles. The number of aromatic nitrogens is 1. The Kier molecular flexibility index (Phi) is 5.02. The summed E-state index contributed by atoms with van der Waals surface area (Å²) in [5, 5.41) is 3.49. The highest BCUT2D eigenvalue weighted by Crippen LogP contribution is 2.33. The SMILES string of the molecule is Cc1cc(C(=O)CNC2CCCCC2)c(C)n1C1CCCC1. The van der Waals surface area contributed by atoms with Gasteiger partial charge in [-0.2, -0.15) is 0 Å². The molecule has 3 rings (SSSR count). The van der Waals surface area contributed by atoms with Crippen LogP contribution < -0.4 is 5.32 Å². The number of carbonyl (C=O) groups is 1. The predicted molar refractivity (Wildman–Crippen MR) is 90.6 cm³/mol. The molecule has 0 aliphatic heterocycles. The third-order valence-corrected chi connectivity index (χ3v) is 5.63. The summed E-state index contributed by atoms with van der Waals surface area (Å²) in [6.07, 6.45) is 11.6. The van der Waals surface area contributed by atoms with E-state index in [2.05, 4.69) is 29.8 Å². The van der Waals surface area contributed by atoms with Crippen LogP contribution in [0.5, 0.6) is 0 Å². The van der Waals surface area contributed by atoms with Gasteiger partial charge in [-0.15, -0.1) is 0 Å². The Morgan fingerprint density at radius 1 is 1.09 bits per heavy atom. The van der Waals surface area contributed by atoms with E-state index in [1.807, 2.05) is 0 Å². The van der Waals surface area contributed by atoms with E-state index in [-0.39, 0.29) is 5.78 Å². The lowest BCUT2D eigenvalue weighted by Crippen LogP contribution is -2.35. The Bertz CT molecular complexity index is 520. The number of nitrogens with zero attached hydrogens (tertiary/aromatic N) is 1. The first kappa shape index (κ1) is 15.8. The maximum absolute atomic E-state index is 12.6. The molecule has 1 aromatic heterocycles. The van der Waals surface area contributed by atoms with E-state index in [1.54, 1.807) is 0 Å². The molecule has 1 aromatic rings. The van der Waals surface area contributed by atoms with Gasteiger partial charge in [-0.25, -0.2) is 0 Å². The molecule has 2 aliphatic rings. The molecule has 122 valence electrons. The van der Waals surface area contributed by atoms with Crippen LogP contribution in [0.3, 0.4) is 0 Å². The minimum absolute atomic E-state index is 0.267. The van der Waals surface area contributed by atoms with Crippen molar-refractivity contribution >= 4 is 5.78 Å². The molecule has 0 unspecified atom stereocenters. The lowest BCUT2D eigenvalue weighted by atomic mass is 9.95. The fourth-order valence-corrected chi connectivity index (χ4v) is 4.42. The van der Waals surface area contributed by atoms with Crippen molar-refractivity contribution in [1.29, 1.82) is 0 Å². The molecule has 2 aliphatic carbocycles. The van der Waals surface area contributed by atoms with Gasteiger partial charge in [0, 0.05) is 29.0 Å². The van der Waals surface area contributed by atoms with E-state index in [1.165, 1.54) is 69.2 Å². The van der Waals surface area contributed by atoms with E-state index >= 15 is 0 Å². The molecule has 22 heavy (non-hydrogen) atoms. The first-order chi connectivity index (χ1) is 10.7. The lowest BCUT2D eigenvalue weighted by Gasteiger charge is -2.22. The van der Waals surface area contributed by atoms with Crippen molar-refractivity contribution in [1.82, 2.24) is 9.88 Å². The van der Waals surface area contributed by atoms with E-state index in [0.717, 1.165) is 5.56 Å². The molecule has 0 spiro atoms. The fourth-order valence-electron chi connectivity index (χ4n) is 4.42. The van der Waals surface area contributed by atoms with Gasteiger partial charge in [-0.05, 0) is 45.6 Å². The number of Topliss-reactive ketones (excluding diaryl/α,β-unsaturated/α-hetero) is 1. The Labute approximate surface area is 134 Å². The summed E-state index contributed by atoms with van der Waals surface area (Å²) in [5.41, 5.74) is 3.37. The molecular formula is C19H30N2O. The molecule has 1 N–H and O–H groups in total. The van der Waals surface area contributed by atoms with Crippen molar-refractivity contribution in [2.75, 3.05) is 6.54 Å². The topological polar surface area (TPSA) is 34.0 Å². The second-order valence-electron chi connectivity index (χ2n) is 7.23. The minimum atomic E-state index is 0.267. The largest absolute Gasteiger partial charge is 0.345 e. The van der Waals surface area contributed by atoms with Crippen LogP contribution in [0.15, 0.2) is 6.07 Å². The van der Waals surface area contributed by atoms with Crippen LogP contribution in [0.1, 0.15) is 85.6 Å². The molecule has 2 fully saturated rings. The Morgan fingerprint density at radius 2 is 1.73 bits per heavy atom. The first-order valence-corrected chi connectivity index (χ1v) is 9.12. The van der Waals surface area contributed by atoms with Crippen molar-refractivity contribution in [2.45, 2.75) is 83.7 Å². The van der Waals surface area contributed by atoms with Crippen molar-refractivity contribution in [2.24, 2.45) is 0 Å². The van der Waals surface area contributed by atoms with Gasteiger partial charge >= 0.3 is 0 Å². The average Bonchev–Trinajstić information content (AvgIpc) is 3.14. The monoisotopic (exact) mass is 302 g/mol. The molecule has 2 saturated carbocycles. The number of rotatable bonds is 5. The zero-order valence-electron chi connectivity index (χ0n) is 14.2. The number of hydrogen-bond acceptors (Lipinski definition) is 2. The van der Waals surface area contributed by atoms with Gasteiger partial charge < -0.3 is 9.88 Å². The van der Waals surface area contributed by atoms with Gasteiger partial charge in [0.2, 0.25) is 0 Å². The minimum Gasteiger partial charge on any atom is -0.345 e. The summed E-state index contributed by atoms with van der Waals surface area (Å²) in [4.78, 5) is 12.6. The smallest absolute Gasteiger partial charge is 0.178 e. The van der Waals surface area contributed by atoms with Crippen molar-refractivity contribution in [3.63, 3.8) is 0 Å². The summed E-state index contributed by atoms with van der Waals surface area (Å²) >= 11 is 0. The summed E-state index contributed by atoms with van der Waals surface area (Å²) in [6, 6.07) is 3.28. The molecular weight excluding hydrogens is 272 g/mol. The summed E-state index contributed by atoms with van der Waals surface area (Å²) in [7, 11) is 0. The standard InChI is InChI=1S/C19H30N2O/c1-14-12-18(15(2)21(14)17-10-6-7-11-17)19(22)13-20-16-8-4-3-5-9-16/h12,16-17,20H,3-11,13H2,1-2H3. The number of ketones is 1. The van der Waals surface area contributed by atoms with Crippen LogP contribution in [0.4, 0.5) is 0 Å². The molecule has 0 bridgehead atoms. The lowest BCUT2D eigenvalue weighted by molar-refractivity contribution is 0.0984. The van der Waals surface area contributed by atoms with Crippen LogP contribution in [0.25, 0.3) is 0 Å². The molecule has 0 atom stereocenters. The van der Waals surface area contributed by atoms with Gasteiger partial charge in [0.15, 0.2) is 5.78 Å². The van der Waals surface area contributed by atoms with Crippen LogP contribution in [0.2, 0.25) is 0 Å². The van der Waals surface area contributed by atoms with Gasteiger partial charge in [-0.3, -0.25) is 4.79 Å². The highest BCUT2D eigenvalue weighted by Gasteiger charge is 2.23. The molecule has 3 heteroatoms. The quantitative estimate of drug-likeness (QED) is 0.822. The Balaban J connectivity index is 1.65. The maximum Gasteiger partial charge on any atom is 0.178 e. The maximum atomic E-state index is 12.6. The van der Waals surface area contributed by atoms with E-state index in [0.29, 0.717) is 18.6 Å². The number of carbonyl (C=O) groups excluding carboxylic acids is 1.